The van der Waals surface area contributed by atoms with Crippen molar-refractivity contribution in [3.63, 3.8) is 0 Å². The van der Waals surface area contributed by atoms with Gasteiger partial charge in [-0.1, -0.05) is 6.92 Å². The minimum Gasteiger partial charge on any atom is -0.460 e. The van der Waals surface area contributed by atoms with Gasteiger partial charge in [-0.05, 0) is 82.7 Å². The lowest BCUT2D eigenvalue weighted by atomic mass is 9.94. The number of hydrogen-bond donors (Lipinski definition) is 0. The van der Waals surface area contributed by atoms with Crippen LogP contribution in [0.15, 0.2) is 27.5 Å². The van der Waals surface area contributed by atoms with Gasteiger partial charge < -0.3 is 14.1 Å². The molecule has 0 unspecified atom stereocenters. The Kier molecular flexibility index (Phi) is 6.93. The van der Waals surface area contributed by atoms with Gasteiger partial charge in [-0.3, -0.25) is 0 Å². The van der Waals surface area contributed by atoms with Crippen LogP contribution in [0.5, 0.6) is 0 Å². The summed E-state index contributed by atoms with van der Waals surface area (Å²) in [5.74, 6) is 0.976. The summed E-state index contributed by atoms with van der Waals surface area (Å²) in [6.07, 6.45) is 4.32. The number of nitrogens with zero attached hydrogens (tertiary/aromatic N) is 2. The van der Waals surface area contributed by atoms with Crippen molar-refractivity contribution in [3.8, 4) is 0 Å². The molecule has 0 amide bonds. The number of likely N-dealkylation sites (tertiary alicyclic amines) is 1. The van der Waals surface area contributed by atoms with Crippen LogP contribution in [0, 0.1) is 18.8 Å². The number of benzene rings is 1. The topological polar surface area (TPSA) is 80.1 Å². The van der Waals surface area contributed by atoms with Crippen molar-refractivity contribution in [1.82, 2.24) is 9.21 Å². The maximum atomic E-state index is 13.3. The maximum absolute atomic E-state index is 13.3. The lowest BCUT2D eigenvalue weighted by molar-refractivity contribution is 0.0491. The fraction of sp³-hybridized carbons (Fsp3) is 0.625. The highest BCUT2D eigenvalue weighted by atomic mass is 32.2. The average Bonchev–Trinajstić information content (AvgIpc) is 3.12. The smallest absolute Gasteiger partial charge is 0.374 e. The van der Waals surface area contributed by atoms with Crippen molar-refractivity contribution < 1.29 is 22.4 Å². The fourth-order valence-electron chi connectivity index (χ4n) is 4.84. The molecule has 0 bridgehead atoms. The fourth-order valence-corrected chi connectivity index (χ4v) is 6.34. The van der Waals surface area contributed by atoms with E-state index >= 15 is 0 Å². The molecule has 1 aromatic heterocycles. The minimum atomic E-state index is -3.59. The van der Waals surface area contributed by atoms with Gasteiger partial charge in [0.2, 0.25) is 15.8 Å². The zero-order valence-corrected chi connectivity index (χ0v) is 20.1. The summed E-state index contributed by atoms with van der Waals surface area (Å²) in [6.45, 7) is 10.6. The molecule has 1 aromatic carbocycles. The van der Waals surface area contributed by atoms with Crippen LogP contribution in [-0.2, 0) is 14.8 Å². The van der Waals surface area contributed by atoms with E-state index in [1.807, 2.05) is 0 Å². The van der Waals surface area contributed by atoms with Crippen LogP contribution in [0.4, 0.5) is 0 Å². The number of fused-ring (bicyclic) bond motifs is 1. The highest BCUT2D eigenvalue weighted by Gasteiger charge is 2.31. The van der Waals surface area contributed by atoms with Gasteiger partial charge >= 0.3 is 5.97 Å². The van der Waals surface area contributed by atoms with Crippen LogP contribution in [0.25, 0.3) is 11.0 Å². The highest BCUT2D eigenvalue weighted by Crippen LogP contribution is 2.31. The Morgan fingerprint density at radius 2 is 1.81 bits per heavy atom. The summed E-state index contributed by atoms with van der Waals surface area (Å²) in [7, 11) is -3.59. The first kappa shape index (κ1) is 23.3. The number of ether oxygens (including phenoxy) is 1. The Labute approximate surface area is 190 Å². The molecule has 0 atom stereocenters. The number of carbonyl (C=O) groups is 1. The Balaban J connectivity index is 1.44. The number of piperidine rings is 2. The van der Waals surface area contributed by atoms with Crippen molar-refractivity contribution >= 4 is 27.0 Å². The summed E-state index contributed by atoms with van der Waals surface area (Å²) in [4.78, 5) is 14.9. The number of esters is 1. The zero-order chi connectivity index (χ0) is 22.9. The predicted molar refractivity (Wildman–Crippen MR) is 123 cm³/mol. The van der Waals surface area contributed by atoms with Crippen molar-refractivity contribution in [2.75, 3.05) is 39.3 Å². The van der Waals surface area contributed by atoms with Crippen LogP contribution < -0.4 is 0 Å². The molecule has 2 saturated heterocycles. The third-order valence-electron chi connectivity index (χ3n) is 6.97. The van der Waals surface area contributed by atoms with E-state index in [4.69, 9.17) is 9.15 Å². The average molecular weight is 463 g/mol. The molecule has 2 aromatic rings. The quantitative estimate of drug-likeness (QED) is 0.603. The molecule has 32 heavy (non-hydrogen) atoms. The van der Waals surface area contributed by atoms with Gasteiger partial charge in [0.15, 0.2) is 0 Å². The molecule has 4 rings (SSSR count). The summed E-state index contributed by atoms with van der Waals surface area (Å²) in [5, 5.41) is 0.628. The summed E-state index contributed by atoms with van der Waals surface area (Å²) >= 11 is 0. The van der Waals surface area contributed by atoms with E-state index in [0.717, 1.165) is 38.4 Å². The molecule has 3 heterocycles. The van der Waals surface area contributed by atoms with Gasteiger partial charge in [0, 0.05) is 30.6 Å². The van der Waals surface area contributed by atoms with E-state index in [-0.39, 0.29) is 17.3 Å². The first-order chi connectivity index (χ1) is 15.3. The Morgan fingerprint density at radius 3 is 2.47 bits per heavy atom. The van der Waals surface area contributed by atoms with E-state index in [9.17, 15) is 13.2 Å². The van der Waals surface area contributed by atoms with E-state index < -0.39 is 16.0 Å². The number of sulfonamides is 1. The maximum Gasteiger partial charge on any atom is 0.374 e. The largest absolute Gasteiger partial charge is 0.460 e. The molecule has 2 aliphatic rings. The molecule has 0 N–H and O–H groups in total. The minimum absolute atomic E-state index is 0.129. The van der Waals surface area contributed by atoms with E-state index in [1.165, 1.54) is 12.8 Å². The van der Waals surface area contributed by atoms with Gasteiger partial charge in [-0.2, -0.15) is 4.31 Å². The first-order valence-corrected chi connectivity index (χ1v) is 13.2. The van der Waals surface area contributed by atoms with E-state index in [1.54, 1.807) is 36.4 Å². The molecule has 0 saturated carbocycles. The Hall–Kier alpha value is -1.90. The van der Waals surface area contributed by atoms with Crippen LogP contribution in [-0.4, -0.2) is 62.9 Å². The molecule has 0 radical (unpaired) electrons. The molecule has 2 aliphatic heterocycles. The second-order valence-corrected chi connectivity index (χ2v) is 11.2. The molecule has 176 valence electrons. The molecular weight excluding hydrogens is 428 g/mol. The second-order valence-electron chi connectivity index (χ2n) is 9.27. The monoisotopic (exact) mass is 462 g/mol. The third kappa shape index (κ3) is 4.72. The van der Waals surface area contributed by atoms with Gasteiger partial charge in [0.1, 0.15) is 5.58 Å². The lowest BCUT2D eigenvalue weighted by Gasteiger charge is -2.36. The first-order valence-electron chi connectivity index (χ1n) is 11.7. The van der Waals surface area contributed by atoms with Gasteiger partial charge in [-0.25, -0.2) is 13.2 Å². The normalized spacial score (nSPS) is 20.1. The second kappa shape index (κ2) is 9.53. The number of rotatable bonds is 6. The van der Waals surface area contributed by atoms with Gasteiger partial charge in [0.25, 0.3) is 0 Å². The van der Waals surface area contributed by atoms with Crippen molar-refractivity contribution in [1.29, 1.82) is 0 Å². The standard InChI is InChI=1S/C24H34N2O5S/c1-4-30-24(27)23-18(3)21-15-20(5-6-22(21)31-23)32(28,29)26-13-9-19(10-14-26)16-25-11-7-17(2)8-12-25/h5-6,15,17,19H,4,7-14,16H2,1-3H3. The Bertz CT molecular complexity index is 1060. The van der Waals surface area contributed by atoms with Crippen LogP contribution >= 0.6 is 0 Å². The van der Waals surface area contributed by atoms with Crippen LogP contribution in [0.1, 0.15) is 55.6 Å². The molecular formula is C24H34N2O5S. The van der Waals surface area contributed by atoms with Crippen LogP contribution in [0.3, 0.4) is 0 Å². The zero-order valence-electron chi connectivity index (χ0n) is 19.3. The number of hydrogen-bond acceptors (Lipinski definition) is 6. The third-order valence-corrected chi connectivity index (χ3v) is 8.87. The van der Waals surface area contributed by atoms with Crippen molar-refractivity contribution in [2.24, 2.45) is 11.8 Å². The highest BCUT2D eigenvalue weighted by molar-refractivity contribution is 7.89. The lowest BCUT2D eigenvalue weighted by Crippen LogP contribution is -2.43. The van der Waals surface area contributed by atoms with Gasteiger partial charge in [0.05, 0.1) is 11.5 Å². The number of furan rings is 1. The number of carbonyl (C=O) groups excluding carboxylic acids is 1. The van der Waals surface area contributed by atoms with E-state index in [0.29, 0.717) is 35.5 Å². The number of aryl methyl sites for hydroxylation is 1. The molecule has 0 spiro atoms. The summed E-state index contributed by atoms with van der Waals surface area (Å²) in [6, 6.07) is 4.81. The predicted octanol–water partition coefficient (Wildman–Crippen LogP) is 4.05. The SMILES string of the molecule is CCOC(=O)c1oc2ccc(S(=O)(=O)N3CCC(CN4CCC(C)CC4)CC3)cc2c1C. The van der Waals surface area contributed by atoms with Crippen molar-refractivity contribution in [3.05, 3.63) is 29.5 Å². The van der Waals surface area contributed by atoms with Crippen molar-refractivity contribution in [2.45, 2.75) is 51.3 Å². The molecule has 2 fully saturated rings. The molecule has 8 heteroatoms. The molecule has 0 aliphatic carbocycles. The van der Waals surface area contributed by atoms with Gasteiger partial charge in [-0.15, -0.1) is 0 Å². The Morgan fingerprint density at radius 1 is 1.12 bits per heavy atom. The molecule has 7 nitrogen and oxygen atoms in total. The summed E-state index contributed by atoms with van der Waals surface area (Å²) in [5.41, 5.74) is 1.09. The summed E-state index contributed by atoms with van der Waals surface area (Å²) < 4.78 is 38.9. The van der Waals surface area contributed by atoms with E-state index in [2.05, 4.69) is 11.8 Å². The van der Waals surface area contributed by atoms with Crippen LogP contribution in [0.2, 0.25) is 0 Å².